The first-order valence-corrected chi connectivity index (χ1v) is 0. The van der Waals surface area contributed by atoms with E-state index in [-0.39, 0.29) is 90.5 Å². The molecule has 0 heterocycles. The van der Waals surface area contributed by atoms with Crippen molar-refractivity contribution in [2.24, 2.45) is 0 Å². The van der Waals surface area contributed by atoms with Gasteiger partial charge in [0.15, 0.2) is 0 Å². The molecular formula is H10GaGeInTl. The van der Waals surface area contributed by atoms with Crippen LogP contribution in [0.25, 0.3) is 0 Å². The predicted molar refractivity (Wildman–Crippen MR) is 37.0 cm³/mol. The Morgan fingerprint density at radius 3 is 1.00 bits per heavy atom. The van der Waals surface area contributed by atoms with Gasteiger partial charge in [-0.1, -0.05) is 0 Å². The molecule has 0 N–H and O–H groups in total. The smallest absolute Gasteiger partial charge is 0 e. The standard InChI is InChI=1S/Ga.GeH4.In.Tl.6H/h;1H4;;;;;;;;. The Bertz CT molecular complexity index is 8.00. The summed E-state index contributed by atoms with van der Waals surface area (Å²) in [5, 5.41) is 0. The van der Waals surface area contributed by atoms with Crippen LogP contribution in [0.15, 0.2) is 0 Å². The molecule has 0 saturated heterocycles. The van der Waals surface area contributed by atoms with Gasteiger partial charge in [0.25, 0.3) is 0 Å². The fraction of sp³-hybridized carbons (Fsp3) is 0. The number of hydrogen-bond acceptors (Lipinski definition) is 0. The van der Waals surface area contributed by atoms with Gasteiger partial charge in [0.2, 0.25) is 0 Å². The van der Waals surface area contributed by atoms with Crippen LogP contribution in [0.2, 0.25) is 0 Å². The summed E-state index contributed by atoms with van der Waals surface area (Å²) in [6.45, 7) is 0. The second-order valence-electron chi connectivity index (χ2n) is 0. The average Bonchev–Trinajstić information content (AvgIpc) is 0. The Balaban J connectivity index is 0. The van der Waals surface area contributed by atoms with E-state index >= 15 is 0 Å². The van der Waals surface area contributed by atoms with Gasteiger partial charge in [-0.3, -0.25) is 0 Å². The van der Waals surface area contributed by atoms with Gasteiger partial charge in [-0.15, -0.1) is 0 Å². The van der Waals surface area contributed by atoms with E-state index in [1.807, 2.05) is 0 Å². The SMILES string of the molecule is [GaH3].[GeH4].[InH3].[Tl]. The Hall–Kier alpha value is 2.97. The first-order valence-electron chi connectivity index (χ1n) is 0. The van der Waals surface area contributed by atoms with Gasteiger partial charge in [0.05, 0.1) is 0 Å². The van der Waals surface area contributed by atoms with Crippen LogP contribution in [-0.4, -0.2) is 90.5 Å². The fourth-order valence-electron chi connectivity index (χ4n) is 0. The minimum atomic E-state index is 0. The molecule has 0 aromatic carbocycles. The van der Waals surface area contributed by atoms with E-state index in [1.165, 1.54) is 0 Å². The molecule has 0 aromatic rings. The Morgan fingerprint density at radius 2 is 1.00 bits per heavy atom. The van der Waals surface area contributed by atoms with Crippen molar-refractivity contribution in [1.29, 1.82) is 0 Å². The zero-order valence-corrected chi connectivity index (χ0v) is 5.07. The second-order valence-corrected chi connectivity index (χ2v) is 0. The van der Waals surface area contributed by atoms with Crippen molar-refractivity contribution in [3.63, 3.8) is 0 Å². The van der Waals surface area contributed by atoms with E-state index in [0.29, 0.717) is 0 Å². The molecule has 0 aliphatic carbocycles. The number of hydrogen-bond donors (Lipinski definition) is 0. The second kappa shape index (κ2) is 16.7. The Morgan fingerprint density at radius 1 is 1.00 bits per heavy atom. The molecule has 0 rings (SSSR count). The van der Waals surface area contributed by atoms with Gasteiger partial charge in [-0.2, -0.15) is 0 Å². The molecule has 0 aliphatic heterocycles. The number of rotatable bonds is 0. The molecule has 0 nitrogen and oxygen atoms in total. The van der Waals surface area contributed by atoms with Crippen molar-refractivity contribution in [1.82, 2.24) is 0 Å². The van der Waals surface area contributed by atoms with Crippen molar-refractivity contribution in [3.05, 3.63) is 0 Å². The summed E-state index contributed by atoms with van der Waals surface area (Å²) >= 11 is 0. The van der Waals surface area contributed by atoms with Gasteiger partial charge in [-0.25, -0.2) is 0 Å². The van der Waals surface area contributed by atoms with Gasteiger partial charge in [-0.05, 0) is 0 Å². The largest absolute Gasteiger partial charge is 0 e. The van der Waals surface area contributed by atoms with Crippen LogP contribution >= 0.6 is 0 Å². The molecular weight excluding hydrogens is 462 g/mol. The zero-order chi connectivity index (χ0) is 0. The summed E-state index contributed by atoms with van der Waals surface area (Å²) in [5.74, 6) is 0. The van der Waals surface area contributed by atoms with Gasteiger partial charge >= 0.3 is 63.2 Å². The molecule has 0 aliphatic rings. The summed E-state index contributed by atoms with van der Waals surface area (Å²) in [5.41, 5.74) is 0. The first kappa shape index (κ1) is 28.2. The maximum Gasteiger partial charge on any atom is 0 e. The predicted octanol–water partition coefficient (Wildman–Crippen LogP) is -4.20. The van der Waals surface area contributed by atoms with Crippen LogP contribution in [0.4, 0.5) is 0 Å². The quantitative estimate of drug-likeness (QED) is 0.315. The normalized spacial score (nSPS) is 0. The van der Waals surface area contributed by atoms with Crippen molar-refractivity contribution in [2.45, 2.75) is 0 Å². The van der Waals surface area contributed by atoms with Crippen LogP contribution in [0.3, 0.4) is 0 Å². The maximum atomic E-state index is 0. The van der Waals surface area contributed by atoms with Crippen LogP contribution in [-0.2, 0) is 0 Å². The van der Waals surface area contributed by atoms with Crippen molar-refractivity contribution < 1.29 is 0 Å². The van der Waals surface area contributed by atoms with E-state index in [2.05, 4.69) is 0 Å². The van der Waals surface area contributed by atoms with Crippen LogP contribution in [0, 0.1) is 0 Å². The molecule has 0 amide bonds. The van der Waals surface area contributed by atoms with Crippen molar-refractivity contribution in [2.75, 3.05) is 0 Å². The minimum Gasteiger partial charge on any atom is 0 e. The molecule has 4 heteroatoms. The van der Waals surface area contributed by atoms with Crippen molar-refractivity contribution in [3.8, 4) is 0 Å². The van der Waals surface area contributed by atoms with E-state index in [4.69, 9.17) is 0 Å². The summed E-state index contributed by atoms with van der Waals surface area (Å²) in [6.07, 6.45) is 0. The third kappa shape index (κ3) is 8.88. The van der Waals surface area contributed by atoms with Gasteiger partial charge < -0.3 is 0 Å². The van der Waals surface area contributed by atoms with Crippen LogP contribution in [0.5, 0.6) is 0 Å². The molecule has 0 spiro atoms. The average molecular weight is 472 g/mol. The zero-order valence-electron chi connectivity index (χ0n) is 0.577. The maximum absolute atomic E-state index is 0. The summed E-state index contributed by atoms with van der Waals surface area (Å²) in [7, 11) is 0. The van der Waals surface area contributed by atoms with Crippen LogP contribution < -0.4 is 0 Å². The molecule has 0 aromatic heterocycles. The molecule has 0 fully saturated rings. The minimum absolute atomic E-state index is 0. The Labute approximate surface area is 88.8 Å². The van der Waals surface area contributed by atoms with E-state index in [0.717, 1.165) is 0 Å². The molecule has 0 unspecified atom stereocenters. The molecule has 4 heavy (non-hydrogen) atoms. The molecule has 0 bridgehead atoms. The molecule has 0 atom stereocenters. The van der Waals surface area contributed by atoms with E-state index < -0.39 is 0 Å². The van der Waals surface area contributed by atoms with Crippen molar-refractivity contribution >= 4 is 90.5 Å². The topological polar surface area (TPSA) is 0 Å². The first-order chi connectivity index (χ1) is 0. The fourth-order valence-corrected chi connectivity index (χ4v) is 0. The van der Waals surface area contributed by atoms with E-state index in [1.54, 1.807) is 0 Å². The third-order valence-corrected chi connectivity index (χ3v) is 0. The van der Waals surface area contributed by atoms with Gasteiger partial charge in [0, 0.05) is 27.3 Å². The summed E-state index contributed by atoms with van der Waals surface area (Å²) in [4.78, 5) is 0. The van der Waals surface area contributed by atoms with Gasteiger partial charge in [0.1, 0.15) is 0 Å². The monoisotopic (exact) mass is 473 g/mol. The summed E-state index contributed by atoms with van der Waals surface area (Å²) in [6, 6.07) is 0. The summed E-state index contributed by atoms with van der Waals surface area (Å²) < 4.78 is 0. The molecule has 23 valence electrons. The van der Waals surface area contributed by atoms with Crippen LogP contribution in [0.1, 0.15) is 0 Å². The Kier molecular flexibility index (Phi) is 118. The van der Waals surface area contributed by atoms with E-state index in [9.17, 15) is 0 Å². The molecule has 0 saturated carbocycles. The molecule has 1 radical (unpaired) electrons. The third-order valence-electron chi connectivity index (χ3n) is 0.